The molecule has 0 unspecified atom stereocenters. The van der Waals surface area contributed by atoms with Gasteiger partial charge in [-0.15, -0.1) is 6.42 Å². The van der Waals surface area contributed by atoms with Gasteiger partial charge in [-0.05, 0) is 46.5 Å². The maximum atomic E-state index is 13.2. The van der Waals surface area contributed by atoms with Crippen molar-refractivity contribution in [3.05, 3.63) is 89.5 Å². The third-order valence-corrected chi connectivity index (χ3v) is 6.53. The monoisotopic (exact) mass is 416 g/mol. The first-order chi connectivity index (χ1) is 14.5. The van der Waals surface area contributed by atoms with E-state index in [0.29, 0.717) is 18.7 Å². The second-order valence-corrected chi connectivity index (χ2v) is 8.80. The first-order valence-electron chi connectivity index (χ1n) is 9.48. The zero-order valence-electron chi connectivity index (χ0n) is 16.2. The van der Waals surface area contributed by atoms with E-state index in [0.717, 1.165) is 22.3 Å². The summed E-state index contributed by atoms with van der Waals surface area (Å²) in [5.74, 6) is 2.09. The minimum Gasteiger partial charge on any atom is -0.330 e. The van der Waals surface area contributed by atoms with Crippen LogP contribution in [0.15, 0.2) is 77.7 Å². The van der Waals surface area contributed by atoms with Crippen LogP contribution in [0.25, 0.3) is 11.1 Å². The summed E-state index contributed by atoms with van der Waals surface area (Å²) in [6, 6.07) is 22.1. The number of terminal acetylenes is 1. The number of sulfonamides is 1. The molecule has 0 spiro atoms. The van der Waals surface area contributed by atoms with Crippen molar-refractivity contribution in [2.24, 2.45) is 0 Å². The summed E-state index contributed by atoms with van der Waals surface area (Å²) in [5, 5.41) is 0. The predicted molar refractivity (Wildman–Crippen MR) is 116 cm³/mol. The third kappa shape index (κ3) is 3.86. The lowest BCUT2D eigenvalue weighted by atomic mass is 9.97. The van der Waals surface area contributed by atoms with Gasteiger partial charge in [-0.2, -0.15) is 4.72 Å². The smallest absolute Gasteiger partial charge is 0.254 e. The SMILES string of the molecule is C#CCNS(=O)(=O)c1ccc(C(=O)N2Cc3ccccc3-c3ccccc3C2)cc1. The van der Waals surface area contributed by atoms with Crippen molar-refractivity contribution < 1.29 is 13.2 Å². The van der Waals surface area contributed by atoms with Gasteiger partial charge in [-0.25, -0.2) is 8.42 Å². The predicted octanol–water partition coefficient (Wildman–Crippen LogP) is 3.42. The molecule has 5 nitrogen and oxygen atoms in total. The number of rotatable bonds is 4. The van der Waals surface area contributed by atoms with E-state index in [9.17, 15) is 13.2 Å². The van der Waals surface area contributed by atoms with Crippen molar-refractivity contribution in [3.8, 4) is 23.5 Å². The molecule has 1 amide bonds. The van der Waals surface area contributed by atoms with Gasteiger partial charge in [0.25, 0.3) is 5.91 Å². The maximum absolute atomic E-state index is 13.2. The van der Waals surface area contributed by atoms with Crippen LogP contribution in [0.1, 0.15) is 21.5 Å². The van der Waals surface area contributed by atoms with Crippen LogP contribution in [0.3, 0.4) is 0 Å². The molecule has 1 aliphatic heterocycles. The number of carbonyl (C=O) groups is 1. The fourth-order valence-corrected chi connectivity index (χ4v) is 4.57. The lowest BCUT2D eigenvalue weighted by Gasteiger charge is -2.21. The van der Waals surface area contributed by atoms with Crippen molar-refractivity contribution in [2.45, 2.75) is 18.0 Å². The lowest BCUT2D eigenvalue weighted by molar-refractivity contribution is 0.0732. The molecule has 4 rings (SSSR count). The summed E-state index contributed by atoms with van der Waals surface area (Å²) >= 11 is 0. The summed E-state index contributed by atoms with van der Waals surface area (Å²) in [7, 11) is -3.69. The molecule has 0 atom stereocenters. The normalized spacial score (nSPS) is 13.0. The van der Waals surface area contributed by atoms with Gasteiger partial charge in [0, 0.05) is 18.7 Å². The summed E-state index contributed by atoms with van der Waals surface area (Å²) in [4.78, 5) is 15.1. The molecule has 0 aromatic heterocycles. The van der Waals surface area contributed by atoms with Crippen molar-refractivity contribution in [2.75, 3.05) is 6.54 Å². The number of nitrogens with one attached hydrogen (secondary N) is 1. The van der Waals surface area contributed by atoms with Crippen LogP contribution in [0.2, 0.25) is 0 Å². The first-order valence-corrected chi connectivity index (χ1v) is 11.0. The molecular weight excluding hydrogens is 396 g/mol. The molecule has 150 valence electrons. The fraction of sp³-hybridized carbons (Fsp3) is 0.125. The number of amides is 1. The molecule has 3 aromatic rings. The highest BCUT2D eigenvalue weighted by Crippen LogP contribution is 2.33. The van der Waals surface area contributed by atoms with Crippen LogP contribution in [-0.2, 0) is 23.1 Å². The van der Waals surface area contributed by atoms with E-state index < -0.39 is 10.0 Å². The number of benzene rings is 3. The van der Waals surface area contributed by atoms with E-state index in [2.05, 4.69) is 22.8 Å². The van der Waals surface area contributed by atoms with Crippen LogP contribution in [0.4, 0.5) is 0 Å². The molecule has 0 saturated carbocycles. The highest BCUT2D eigenvalue weighted by molar-refractivity contribution is 7.89. The molecule has 30 heavy (non-hydrogen) atoms. The Balaban J connectivity index is 1.64. The Bertz CT molecular complexity index is 1190. The van der Waals surface area contributed by atoms with E-state index >= 15 is 0 Å². The zero-order chi connectivity index (χ0) is 21.1. The van der Waals surface area contributed by atoms with Crippen molar-refractivity contribution in [3.63, 3.8) is 0 Å². The van der Waals surface area contributed by atoms with Crippen LogP contribution < -0.4 is 4.72 Å². The average Bonchev–Trinajstić information content (AvgIpc) is 2.94. The standard InChI is InChI=1S/C24H20N2O3S/c1-2-15-25-30(28,29)21-13-11-18(12-14-21)24(27)26-16-19-7-3-5-9-22(19)23-10-6-4-8-20(23)17-26/h1,3-14,25H,15-17H2. The van der Waals surface area contributed by atoms with Crippen molar-refractivity contribution in [1.29, 1.82) is 0 Å². The van der Waals surface area contributed by atoms with Crippen LogP contribution in [0, 0.1) is 12.3 Å². The van der Waals surface area contributed by atoms with E-state index in [-0.39, 0.29) is 17.3 Å². The molecule has 0 saturated heterocycles. The van der Waals surface area contributed by atoms with E-state index in [1.807, 2.05) is 36.4 Å². The van der Waals surface area contributed by atoms with Gasteiger partial charge >= 0.3 is 0 Å². The summed E-state index contributed by atoms with van der Waals surface area (Å²) < 4.78 is 26.7. The van der Waals surface area contributed by atoms with Crippen LogP contribution in [0.5, 0.6) is 0 Å². The minimum atomic E-state index is -3.69. The fourth-order valence-electron chi connectivity index (χ4n) is 3.63. The number of hydrogen-bond donors (Lipinski definition) is 1. The first kappa shape index (κ1) is 19.9. The Morgan fingerprint density at radius 2 is 1.43 bits per heavy atom. The molecule has 1 N–H and O–H groups in total. The Labute approximate surface area is 176 Å². The quantitative estimate of drug-likeness (QED) is 0.663. The molecule has 1 heterocycles. The Morgan fingerprint density at radius 1 is 0.900 bits per heavy atom. The Hall–Kier alpha value is -3.40. The number of hydrogen-bond acceptors (Lipinski definition) is 3. The number of carbonyl (C=O) groups excluding carboxylic acids is 1. The second-order valence-electron chi connectivity index (χ2n) is 7.03. The van der Waals surface area contributed by atoms with Gasteiger partial charge in [0.1, 0.15) is 0 Å². The third-order valence-electron chi connectivity index (χ3n) is 5.11. The van der Waals surface area contributed by atoms with Gasteiger partial charge in [0.05, 0.1) is 11.4 Å². The number of nitrogens with zero attached hydrogens (tertiary/aromatic N) is 1. The minimum absolute atomic E-state index is 0.0702. The van der Waals surface area contributed by atoms with Gasteiger partial charge in [-0.1, -0.05) is 54.5 Å². The van der Waals surface area contributed by atoms with E-state index in [4.69, 9.17) is 6.42 Å². The zero-order valence-corrected chi connectivity index (χ0v) is 17.0. The van der Waals surface area contributed by atoms with E-state index in [1.165, 1.54) is 24.3 Å². The largest absolute Gasteiger partial charge is 0.330 e. The second kappa shape index (κ2) is 8.15. The molecule has 0 fully saturated rings. The Kier molecular flexibility index (Phi) is 5.40. The molecular formula is C24H20N2O3S. The van der Waals surface area contributed by atoms with Gasteiger partial charge in [0.15, 0.2) is 0 Å². The molecule has 0 aliphatic carbocycles. The van der Waals surface area contributed by atoms with Gasteiger partial charge in [0.2, 0.25) is 10.0 Å². The molecule has 0 radical (unpaired) electrons. The molecule has 1 aliphatic rings. The summed E-state index contributed by atoms with van der Waals surface area (Å²) in [5.41, 5.74) is 4.85. The molecule has 6 heteroatoms. The molecule has 3 aromatic carbocycles. The van der Waals surface area contributed by atoms with E-state index in [1.54, 1.807) is 4.90 Å². The topological polar surface area (TPSA) is 66.5 Å². The maximum Gasteiger partial charge on any atom is 0.254 e. The van der Waals surface area contributed by atoms with Gasteiger partial charge < -0.3 is 4.90 Å². The van der Waals surface area contributed by atoms with Crippen LogP contribution in [-0.4, -0.2) is 25.8 Å². The van der Waals surface area contributed by atoms with Gasteiger partial charge in [-0.3, -0.25) is 4.79 Å². The molecule has 0 bridgehead atoms. The Morgan fingerprint density at radius 3 is 1.97 bits per heavy atom. The number of fused-ring (bicyclic) bond motifs is 3. The average molecular weight is 417 g/mol. The lowest BCUT2D eigenvalue weighted by Crippen LogP contribution is -2.29. The van der Waals surface area contributed by atoms with Crippen molar-refractivity contribution >= 4 is 15.9 Å². The summed E-state index contributed by atoms with van der Waals surface area (Å²) in [6.07, 6.45) is 5.11. The van der Waals surface area contributed by atoms with Crippen molar-refractivity contribution in [1.82, 2.24) is 9.62 Å². The van der Waals surface area contributed by atoms with Crippen LogP contribution >= 0.6 is 0 Å². The summed E-state index contributed by atoms with van der Waals surface area (Å²) in [6.45, 7) is 0.872. The highest BCUT2D eigenvalue weighted by atomic mass is 32.2. The highest BCUT2D eigenvalue weighted by Gasteiger charge is 2.24.